The summed E-state index contributed by atoms with van der Waals surface area (Å²) < 4.78 is 0. The number of hydroxylamine groups is 4. The van der Waals surface area contributed by atoms with E-state index in [0.29, 0.717) is 0 Å². The summed E-state index contributed by atoms with van der Waals surface area (Å²) in [7, 11) is 0. The highest BCUT2D eigenvalue weighted by Crippen LogP contribution is 2.52. The van der Waals surface area contributed by atoms with Crippen molar-refractivity contribution >= 4 is 0 Å². The molecule has 286 valence electrons. The van der Waals surface area contributed by atoms with Gasteiger partial charge in [0.2, 0.25) is 0 Å². The Morgan fingerprint density at radius 1 is 0.417 bits per heavy atom. The first-order valence-corrected chi connectivity index (χ1v) is 21.6. The van der Waals surface area contributed by atoms with Crippen molar-refractivity contribution in [2.75, 3.05) is 13.2 Å². The van der Waals surface area contributed by atoms with Crippen LogP contribution in [0.1, 0.15) is 230 Å². The first kappa shape index (κ1) is 44.0. The average Bonchev–Trinajstić information content (AvgIpc) is 2.98. The molecule has 2 aliphatic rings. The second-order valence-electron chi connectivity index (χ2n) is 19.0. The molecule has 4 nitrogen and oxygen atoms in total. The third kappa shape index (κ3) is 14.8. The molecule has 0 unspecified atom stereocenters. The molecular weight excluding hydrogens is 588 g/mol. The van der Waals surface area contributed by atoms with Gasteiger partial charge in [-0.05, 0) is 118 Å². The smallest absolute Gasteiger partial charge is 0.0685 e. The van der Waals surface area contributed by atoms with Crippen molar-refractivity contribution in [2.24, 2.45) is 17.8 Å². The van der Waals surface area contributed by atoms with Gasteiger partial charge in [-0.15, -0.1) is 0 Å². The predicted molar refractivity (Wildman–Crippen MR) is 210 cm³/mol. The number of hydrogen-bond donors (Lipinski definition) is 0. The quantitative estimate of drug-likeness (QED) is 0.0851. The Balaban J connectivity index is 2.13. The van der Waals surface area contributed by atoms with Gasteiger partial charge in [-0.3, -0.25) is 9.68 Å². The normalized spacial score (nSPS) is 21.8. The minimum Gasteiger partial charge on any atom is -0.298 e. The molecule has 0 aromatic heterocycles. The molecule has 0 radical (unpaired) electrons. The summed E-state index contributed by atoms with van der Waals surface area (Å²) in [6.45, 7) is 28.4. The van der Waals surface area contributed by atoms with Crippen LogP contribution in [0.25, 0.3) is 0 Å². The SMILES string of the molecule is CCCCCCCCCC(C1CC(C)(C)N(OCCCCCCCC)C(C)(C)C1)C1CC(C)(C)N(OCCCCCCCC)C(C)(C)C1. The van der Waals surface area contributed by atoms with Gasteiger partial charge in [0, 0.05) is 22.2 Å². The van der Waals surface area contributed by atoms with Gasteiger partial charge in [-0.25, -0.2) is 0 Å². The van der Waals surface area contributed by atoms with E-state index in [9.17, 15) is 0 Å². The van der Waals surface area contributed by atoms with Gasteiger partial charge in [-0.1, -0.05) is 130 Å². The van der Waals surface area contributed by atoms with Crippen LogP contribution in [0.2, 0.25) is 0 Å². The second kappa shape index (κ2) is 22.0. The molecule has 2 heterocycles. The summed E-state index contributed by atoms with van der Waals surface area (Å²) in [6, 6.07) is 0. The summed E-state index contributed by atoms with van der Waals surface area (Å²) >= 11 is 0. The fourth-order valence-corrected chi connectivity index (χ4v) is 10.3. The Labute approximate surface area is 302 Å². The van der Waals surface area contributed by atoms with Gasteiger partial charge in [0.15, 0.2) is 0 Å². The number of nitrogens with zero attached hydrogens (tertiary/aromatic N) is 2. The first-order chi connectivity index (χ1) is 22.7. The molecule has 2 saturated heterocycles. The van der Waals surface area contributed by atoms with Crippen LogP contribution >= 0.6 is 0 Å². The fraction of sp³-hybridized carbons (Fsp3) is 1.00. The predicted octanol–water partition coefficient (Wildman–Crippen LogP) is 13.9. The summed E-state index contributed by atoms with van der Waals surface area (Å²) in [4.78, 5) is 13.4. The lowest BCUT2D eigenvalue weighted by Gasteiger charge is -2.59. The van der Waals surface area contributed by atoms with Crippen LogP contribution in [0.3, 0.4) is 0 Å². The van der Waals surface area contributed by atoms with Crippen molar-refractivity contribution < 1.29 is 9.68 Å². The average molecular weight is 677 g/mol. The van der Waals surface area contributed by atoms with Crippen LogP contribution in [-0.2, 0) is 9.68 Å². The third-order valence-electron chi connectivity index (χ3n) is 12.0. The second-order valence-corrected chi connectivity index (χ2v) is 19.0. The van der Waals surface area contributed by atoms with E-state index in [1.165, 1.54) is 154 Å². The molecule has 2 fully saturated rings. The monoisotopic (exact) mass is 677 g/mol. The molecule has 4 heteroatoms. The molecule has 48 heavy (non-hydrogen) atoms. The highest BCUT2D eigenvalue weighted by Gasteiger charge is 2.53. The van der Waals surface area contributed by atoms with Crippen molar-refractivity contribution in [3.05, 3.63) is 0 Å². The maximum atomic E-state index is 6.70. The topological polar surface area (TPSA) is 24.9 Å². The standard InChI is InChI=1S/C44H88N2O2/c1-12-15-18-21-24-25-28-31-40(38-34-41(4,5)45(42(6,7)35-38)47-32-29-26-22-19-16-13-2)39-36-43(8,9)46(44(10,11)37-39)48-33-30-27-23-20-17-14-3/h38-40H,12-37H2,1-11H3. The van der Waals surface area contributed by atoms with Crippen LogP contribution in [-0.4, -0.2) is 45.5 Å². The van der Waals surface area contributed by atoms with Crippen molar-refractivity contribution in [3.63, 3.8) is 0 Å². The lowest BCUT2D eigenvalue weighted by atomic mass is 9.61. The molecule has 0 amide bonds. The number of unbranched alkanes of at least 4 members (excludes halogenated alkanes) is 16. The minimum absolute atomic E-state index is 0.0407. The van der Waals surface area contributed by atoms with Crippen molar-refractivity contribution in [3.8, 4) is 0 Å². The third-order valence-corrected chi connectivity index (χ3v) is 12.0. The maximum absolute atomic E-state index is 6.70. The lowest BCUT2D eigenvalue weighted by Crippen LogP contribution is -2.63. The lowest BCUT2D eigenvalue weighted by molar-refractivity contribution is -0.300. The first-order valence-electron chi connectivity index (χ1n) is 21.6. The van der Waals surface area contributed by atoms with Crippen molar-refractivity contribution in [1.82, 2.24) is 10.1 Å². The molecule has 0 atom stereocenters. The zero-order valence-electron chi connectivity index (χ0n) is 34.8. The van der Waals surface area contributed by atoms with Gasteiger partial charge in [-0.2, -0.15) is 10.1 Å². The number of hydrogen-bond acceptors (Lipinski definition) is 4. The van der Waals surface area contributed by atoms with Crippen LogP contribution in [0, 0.1) is 17.8 Å². The largest absolute Gasteiger partial charge is 0.298 e. The highest BCUT2D eigenvalue weighted by atomic mass is 16.7. The summed E-state index contributed by atoms with van der Waals surface area (Å²) in [5, 5.41) is 4.89. The van der Waals surface area contributed by atoms with Gasteiger partial charge in [0.05, 0.1) is 13.2 Å². The molecule has 0 aromatic rings. The Morgan fingerprint density at radius 3 is 1.00 bits per heavy atom. The molecule has 0 aliphatic carbocycles. The zero-order valence-corrected chi connectivity index (χ0v) is 34.8. The van der Waals surface area contributed by atoms with E-state index < -0.39 is 0 Å². The van der Waals surface area contributed by atoms with Crippen LogP contribution in [0.5, 0.6) is 0 Å². The highest BCUT2D eigenvalue weighted by molar-refractivity contribution is 5.03. The summed E-state index contributed by atoms with van der Waals surface area (Å²) in [5.41, 5.74) is 0.163. The summed E-state index contributed by atoms with van der Waals surface area (Å²) in [5.74, 6) is 2.23. The maximum Gasteiger partial charge on any atom is 0.0685 e. The van der Waals surface area contributed by atoms with E-state index in [4.69, 9.17) is 9.68 Å². The Kier molecular flexibility index (Phi) is 20.2. The molecule has 0 aromatic carbocycles. The zero-order chi connectivity index (χ0) is 35.7. The van der Waals surface area contributed by atoms with E-state index in [1.54, 1.807) is 0 Å². The van der Waals surface area contributed by atoms with Crippen LogP contribution in [0.4, 0.5) is 0 Å². The van der Waals surface area contributed by atoms with Gasteiger partial charge in [0.1, 0.15) is 0 Å². The van der Waals surface area contributed by atoms with Gasteiger partial charge < -0.3 is 0 Å². The minimum atomic E-state index is 0.0407. The van der Waals surface area contributed by atoms with Crippen LogP contribution < -0.4 is 0 Å². The molecule has 0 spiro atoms. The van der Waals surface area contributed by atoms with Crippen LogP contribution in [0.15, 0.2) is 0 Å². The Hall–Kier alpha value is -0.160. The van der Waals surface area contributed by atoms with E-state index in [2.05, 4.69) is 86.3 Å². The van der Waals surface area contributed by atoms with E-state index >= 15 is 0 Å². The fourth-order valence-electron chi connectivity index (χ4n) is 10.3. The van der Waals surface area contributed by atoms with E-state index in [-0.39, 0.29) is 22.2 Å². The van der Waals surface area contributed by atoms with Crippen molar-refractivity contribution in [2.45, 2.75) is 252 Å². The van der Waals surface area contributed by atoms with E-state index in [0.717, 1.165) is 31.0 Å². The Morgan fingerprint density at radius 2 is 0.688 bits per heavy atom. The molecular formula is C44H88N2O2. The molecule has 2 rings (SSSR count). The van der Waals surface area contributed by atoms with Gasteiger partial charge >= 0.3 is 0 Å². The van der Waals surface area contributed by atoms with Crippen molar-refractivity contribution in [1.29, 1.82) is 0 Å². The molecule has 0 bridgehead atoms. The van der Waals surface area contributed by atoms with E-state index in [1.807, 2.05) is 0 Å². The molecule has 0 N–H and O–H groups in total. The van der Waals surface area contributed by atoms with Gasteiger partial charge in [0.25, 0.3) is 0 Å². The summed E-state index contributed by atoms with van der Waals surface area (Å²) in [6.07, 6.45) is 31.9. The molecule has 2 aliphatic heterocycles. The number of piperidine rings is 2. The Bertz CT molecular complexity index is 727. The number of rotatable bonds is 26. The molecule has 0 saturated carbocycles.